The number of rotatable bonds is 6. The van der Waals surface area contributed by atoms with Gasteiger partial charge in [0.2, 0.25) is 0 Å². The summed E-state index contributed by atoms with van der Waals surface area (Å²) in [5, 5.41) is 2.97. The number of piperidine rings is 1. The molecule has 1 aromatic carbocycles. The fourth-order valence-corrected chi connectivity index (χ4v) is 2.83. The molecule has 1 aliphatic rings. The van der Waals surface area contributed by atoms with Gasteiger partial charge >= 0.3 is 0 Å². The van der Waals surface area contributed by atoms with Gasteiger partial charge in [-0.1, -0.05) is 6.42 Å². The van der Waals surface area contributed by atoms with Gasteiger partial charge < -0.3 is 10.1 Å². The van der Waals surface area contributed by atoms with Crippen LogP contribution >= 0.6 is 0 Å². The molecule has 0 bridgehead atoms. The van der Waals surface area contributed by atoms with Crippen LogP contribution in [0.3, 0.4) is 0 Å². The molecular formula is C18H27FN2O2. The van der Waals surface area contributed by atoms with Crippen molar-refractivity contribution in [1.29, 1.82) is 0 Å². The number of benzene rings is 1. The van der Waals surface area contributed by atoms with Crippen molar-refractivity contribution in [2.45, 2.75) is 51.7 Å². The first kappa shape index (κ1) is 17.7. The summed E-state index contributed by atoms with van der Waals surface area (Å²) in [6, 6.07) is 5.69. The Morgan fingerprint density at radius 3 is 2.48 bits per heavy atom. The van der Waals surface area contributed by atoms with Crippen molar-refractivity contribution in [3.8, 4) is 5.75 Å². The fraction of sp³-hybridized carbons (Fsp3) is 0.611. The zero-order valence-corrected chi connectivity index (χ0v) is 14.3. The molecule has 0 aromatic heterocycles. The third-order valence-corrected chi connectivity index (χ3v) is 4.40. The number of ether oxygens (including phenoxy) is 1. The minimum atomic E-state index is -0.613. The van der Waals surface area contributed by atoms with Crippen LogP contribution in [0.5, 0.6) is 5.75 Å². The zero-order valence-electron chi connectivity index (χ0n) is 14.3. The predicted molar refractivity (Wildman–Crippen MR) is 89.0 cm³/mol. The van der Waals surface area contributed by atoms with E-state index in [2.05, 4.69) is 24.1 Å². The molecule has 0 saturated carbocycles. The van der Waals surface area contributed by atoms with E-state index >= 15 is 0 Å². The molecule has 1 aromatic rings. The summed E-state index contributed by atoms with van der Waals surface area (Å²) >= 11 is 0. The van der Waals surface area contributed by atoms with Gasteiger partial charge in [-0.15, -0.1) is 0 Å². The van der Waals surface area contributed by atoms with Gasteiger partial charge in [0, 0.05) is 12.1 Å². The number of carbonyl (C=O) groups is 1. The average molecular weight is 322 g/mol. The van der Waals surface area contributed by atoms with Gasteiger partial charge in [0.05, 0.1) is 0 Å². The molecule has 1 saturated heterocycles. The maximum absolute atomic E-state index is 12.9. The summed E-state index contributed by atoms with van der Waals surface area (Å²) in [6.45, 7) is 8.78. The van der Waals surface area contributed by atoms with Crippen LogP contribution in [0.4, 0.5) is 4.39 Å². The summed E-state index contributed by atoms with van der Waals surface area (Å²) in [5.74, 6) is 0.0153. The fourth-order valence-electron chi connectivity index (χ4n) is 2.83. The average Bonchev–Trinajstić information content (AvgIpc) is 2.55. The van der Waals surface area contributed by atoms with Crippen LogP contribution in [0, 0.1) is 5.82 Å². The van der Waals surface area contributed by atoms with Crippen LogP contribution in [0.2, 0.25) is 0 Å². The molecule has 1 N–H and O–H groups in total. The first-order valence-corrected chi connectivity index (χ1v) is 8.33. The quantitative estimate of drug-likeness (QED) is 0.875. The molecule has 1 unspecified atom stereocenters. The number of carbonyl (C=O) groups excluding carboxylic acids is 1. The van der Waals surface area contributed by atoms with Gasteiger partial charge in [-0.3, -0.25) is 9.69 Å². The molecule has 1 aliphatic heterocycles. The molecule has 1 amide bonds. The maximum atomic E-state index is 12.9. The van der Waals surface area contributed by atoms with Crippen LogP contribution in [-0.4, -0.2) is 42.1 Å². The Balaban J connectivity index is 1.82. The normalized spacial score (nSPS) is 17.6. The standard InChI is InChI=1S/C18H27FN2O2/c1-14(23-16-9-7-15(19)8-10-16)17(22)20-13-18(2,3)21-11-5-4-6-12-21/h7-10,14H,4-6,11-13H2,1-3H3,(H,20,22). The Labute approximate surface area is 138 Å². The van der Waals surface area contributed by atoms with Crippen LogP contribution in [0.25, 0.3) is 0 Å². The second kappa shape index (κ2) is 7.77. The highest BCUT2D eigenvalue weighted by molar-refractivity contribution is 5.80. The lowest BCUT2D eigenvalue weighted by Crippen LogP contribution is -2.54. The van der Waals surface area contributed by atoms with E-state index in [1.165, 1.54) is 43.5 Å². The van der Waals surface area contributed by atoms with Crippen molar-refractivity contribution in [3.63, 3.8) is 0 Å². The largest absolute Gasteiger partial charge is 0.481 e. The predicted octanol–water partition coefficient (Wildman–Crippen LogP) is 2.97. The Kier molecular flexibility index (Phi) is 5.99. The lowest BCUT2D eigenvalue weighted by Gasteiger charge is -2.41. The lowest BCUT2D eigenvalue weighted by atomic mass is 9.98. The van der Waals surface area contributed by atoms with Crippen molar-refractivity contribution in [2.24, 2.45) is 0 Å². The summed E-state index contributed by atoms with van der Waals surface area (Å²) < 4.78 is 18.4. The Morgan fingerprint density at radius 1 is 1.26 bits per heavy atom. The summed E-state index contributed by atoms with van der Waals surface area (Å²) in [4.78, 5) is 14.6. The minimum absolute atomic E-state index is 0.0638. The number of amides is 1. The molecule has 2 rings (SSSR count). The van der Waals surface area contributed by atoms with E-state index in [1.54, 1.807) is 6.92 Å². The number of likely N-dealkylation sites (tertiary alicyclic amines) is 1. The number of hydrogen-bond acceptors (Lipinski definition) is 3. The van der Waals surface area contributed by atoms with Crippen LogP contribution in [-0.2, 0) is 4.79 Å². The Bertz CT molecular complexity index is 510. The molecule has 5 heteroatoms. The first-order chi connectivity index (χ1) is 10.9. The van der Waals surface area contributed by atoms with Gasteiger partial charge in [0.25, 0.3) is 5.91 Å². The van der Waals surface area contributed by atoms with Gasteiger partial charge in [-0.25, -0.2) is 4.39 Å². The molecule has 128 valence electrons. The monoisotopic (exact) mass is 322 g/mol. The van der Waals surface area contributed by atoms with E-state index in [4.69, 9.17) is 4.74 Å². The third kappa shape index (κ3) is 5.20. The number of nitrogens with zero attached hydrogens (tertiary/aromatic N) is 1. The van der Waals surface area contributed by atoms with Gasteiger partial charge in [0.15, 0.2) is 6.10 Å². The molecule has 1 heterocycles. The highest BCUT2D eigenvalue weighted by atomic mass is 19.1. The highest BCUT2D eigenvalue weighted by Gasteiger charge is 2.29. The highest BCUT2D eigenvalue weighted by Crippen LogP contribution is 2.20. The third-order valence-electron chi connectivity index (χ3n) is 4.40. The van der Waals surface area contributed by atoms with E-state index in [-0.39, 0.29) is 17.3 Å². The van der Waals surface area contributed by atoms with E-state index in [0.29, 0.717) is 12.3 Å². The zero-order chi connectivity index (χ0) is 16.9. The summed E-state index contributed by atoms with van der Waals surface area (Å²) in [5.41, 5.74) is -0.0638. The van der Waals surface area contributed by atoms with Crippen molar-refractivity contribution >= 4 is 5.91 Å². The molecule has 1 fully saturated rings. The molecule has 0 radical (unpaired) electrons. The van der Waals surface area contributed by atoms with E-state index in [9.17, 15) is 9.18 Å². The Hall–Kier alpha value is -1.62. The first-order valence-electron chi connectivity index (χ1n) is 8.33. The SMILES string of the molecule is CC(Oc1ccc(F)cc1)C(=O)NCC(C)(C)N1CCCCC1. The minimum Gasteiger partial charge on any atom is -0.481 e. The topological polar surface area (TPSA) is 41.6 Å². The summed E-state index contributed by atoms with van der Waals surface area (Å²) in [6.07, 6.45) is 3.13. The second-order valence-electron chi connectivity index (χ2n) is 6.79. The smallest absolute Gasteiger partial charge is 0.260 e. The second-order valence-corrected chi connectivity index (χ2v) is 6.79. The molecule has 4 nitrogen and oxygen atoms in total. The van der Waals surface area contributed by atoms with Crippen LogP contribution < -0.4 is 10.1 Å². The van der Waals surface area contributed by atoms with Crippen LogP contribution in [0.1, 0.15) is 40.0 Å². The number of hydrogen-bond donors (Lipinski definition) is 1. The molecule has 1 atom stereocenters. The molecule has 0 spiro atoms. The molecular weight excluding hydrogens is 295 g/mol. The van der Waals surface area contributed by atoms with Crippen molar-refractivity contribution in [1.82, 2.24) is 10.2 Å². The van der Waals surface area contributed by atoms with Gasteiger partial charge in [-0.2, -0.15) is 0 Å². The van der Waals surface area contributed by atoms with Crippen molar-refractivity contribution < 1.29 is 13.9 Å². The van der Waals surface area contributed by atoms with E-state index < -0.39 is 6.10 Å². The van der Waals surface area contributed by atoms with Crippen LogP contribution in [0.15, 0.2) is 24.3 Å². The van der Waals surface area contributed by atoms with E-state index in [1.807, 2.05) is 0 Å². The van der Waals surface area contributed by atoms with Crippen molar-refractivity contribution in [3.05, 3.63) is 30.1 Å². The van der Waals surface area contributed by atoms with Gasteiger partial charge in [-0.05, 0) is 71.0 Å². The maximum Gasteiger partial charge on any atom is 0.260 e. The molecule has 0 aliphatic carbocycles. The van der Waals surface area contributed by atoms with Crippen molar-refractivity contribution in [2.75, 3.05) is 19.6 Å². The van der Waals surface area contributed by atoms with E-state index in [0.717, 1.165) is 13.1 Å². The Morgan fingerprint density at radius 2 is 1.87 bits per heavy atom. The molecule has 23 heavy (non-hydrogen) atoms. The number of halogens is 1. The van der Waals surface area contributed by atoms with Gasteiger partial charge in [0.1, 0.15) is 11.6 Å². The summed E-state index contributed by atoms with van der Waals surface area (Å²) in [7, 11) is 0. The number of nitrogens with one attached hydrogen (secondary N) is 1. The lowest BCUT2D eigenvalue weighted by molar-refractivity contribution is -0.127.